The minimum atomic E-state index is -0.215. The SMILES string of the molecule is Cn1ccc(CC(N)Cc2cccc(F)c2)n1. The van der Waals surface area contributed by atoms with Crippen molar-refractivity contribution in [2.45, 2.75) is 18.9 Å². The molecule has 1 aromatic carbocycles. The van der Waals surface area contributed by atoms with Crippen LogP contribution in [0, 0.1) is 5.82 Å². The van der Waals surface area contributed by atoms with Crippen LogP contribution in [0.3, 0.4) is 0 Å². The maximum Gasteiger partial charge on any atom is 0.123 e. The maximum atomic E-state index is 13.0. The summed E-state index contributed by atoms with van der Waals surface area (Å²) >= 11 is 0. The molecule has 0 saturated heterocycles. The van der Waals surface area contributed by atoms with Gasteiger partial charge in [0.15, 0.2) is 0 Å². The summed E-state index contributed by atoms with van der Waals surface area (Å²) in [5.41, 5.74) is 7.92. The zero-order chi connectivity index (χ0) is 12.3. The van der Waals surface area contributed by atoms with Crippen molar-refractivity contribution < 1.29 is 4.39 Å². The first-order valence-corrected chi connectivity index (χ1v) is 5.62. The standard InChI is InChI=1S/C13H16FN3/c1-17-6-5-13(16-17)9-12(15)8-10-3-2-4-11(14)7-10/h2-7,12H,8-9,15H2,1H3. The lowest BCUT2D eigenvalue weighted by atomic mass is 10.0. The third-order valence-corrected chi connectivity index (χ3v) is 2.63. The van der Waals surface area contributed by atoms with Gasteiger partial charge in [0.05, 0.1) is 5.69 Å². The van der Waals surface area contributed by atoms with E-state index in [0.29, 0.717) is 12.8 Å². The van der Waals surface area contributed by atoms with Gasteiger partial charge in [-0.1, -0.05) is 12.1 Å². The van der Waals surface area contributed by atoms with E-state index in [-0.39, 0.29) is 11.9 Å². The van der Waals surface area contributed by atoms with Gasteiger partial charge in [0, 0.05) is 25.7 Å². The van der Waals surface area contributed by atoms with Crippen molar-refractivity contribution >= 4 is 0 Å². The number of halogens is 1. The summed E-state index contributed by atoms with van der Waals surface area (Å²) in [6.07, 6.45) is 3.26. The predicted molar refractivity (Wildman–Crippen MR) is 65.0 cm³/mol. The molecular formula is C13H16FN3. The van der Waals surface area contributed by atoms with Crippen molar-refractivity contribution in [3.8, 4) is 0 Å². The lowest BCUT2D eigenvalue weighted by molar-refractivity contribution is 0.613. The van der Waals surface area contributed by atoms with Crippen molar-refractivity contribution in [2.75, 3.05) is 0 Å². The topological polar surface area (TPSA) is 43.8 Å². The fraction of sp³-hybridized carbons (Fsp3) is 0.308. The molecule has 0 radical (unpaired) electrons. The Bertz CT molecular complexity index is 493. The average Bonchev–Trinajstić information content (AvgIpc) is 2.63. The summed E-state index contributed by atoms with van der Waals surface area (Å²) in [7, 11) is 1.88. The molecular weight excluding hydrogens is 217 g/mol. The largest absolute Gasteiger partial charge is 0.327 e. The van der Waals surface area contributed by atoms with Crippen LogP contribution in [0.1, 0.15) is 11.3 Å². The summed E-state index contributed by atoms with van der Waals surface area (Å²) in [6, 6.07) is 8.48. The van der Waals surface area contributed by atoms with Gasteiger partial charge in [-0.05, 0) is 30.2 Å². The molecule has 2 N–H and O–H groups in total. The van der Waals surface area contributed by atoms with Crippen LogP contribution < -0.4 is 5.73 Å². The van der Waals surface area contributed by atoms with E-state index in [2.05, 4.69) is 5.10 Å². The van der Waals surface area contributed by atoms with Gasteiger partial charge in [0.25, 0.3) is 0 Å². The number of benzene rings is 1. The molecule has 3 nitrogen and oxygen atoms in total. The molecule has 1 heterocycles. The first kappa shape index (κ1) is 11.8. The Morgan fingerprint density at radius 2 is 2.18 bits per heavy atom. The quantitative estimate of drug-likeness (QED) is 0.873. The minimum absolute atomic E-state index is 0.0355. The van der Waals surface area contributed by atoms with E-state index in [1.807, 2.05) is 25.4 Å². The summed E-state index contributed by atoms with van der Waals surface area (Å²) in [6.45, 7) is 0. The molecule has 0 bridgehead atoms. The lowest BCUT2D eigenvalue weighted by Gasteiger charge is -2.09. The second-order valence-electron chi connectivity index (χ2n) is 4.28. The molecule has 4 heteroatoms. The predicted octanol–water partition coefficient (Wildman–Crippen LogP) is 1.67. The van der Waals surface area contributed by atoms with Gasteiger partial charge in [-0.2, -0.15) is 5.10 Å². The van der Waals surface area contributed by atoms with Crippen LogP contribution in [0.25, 0.3) is 0 Å². The number of nitrogens with two attached hydrogens (primary N) is 1. The fourth-order valence-electron chi connectivity index (χ4n) is 1.88. The molecule has 90 valence electrons. The van der Waals surface area contributed by atoms with Crippen molar-refractivity contribution in [1.29, 1.82) is 0 Å². The molecule has 1 atom stereocenters. The first-order valence-electron chi connectivity index (χ1n) is 5.62. The van der Waals surface area contributed by atoms with Gasteiger partial charge in [-0.15, -0.1) is 0 Å². The second-order valence-corrected chi connectivity index (χ2v) is 4.28. The molecule has 0 aliphatic carbocycles. The highest BCUT2D eigenvalue weighted by Crippen LogP contribution is 2.08. The average molecular weight is 233 g/mol. The number of nitrogens with zero attached hydrogens (tertiary/aromatic N) is 2. The van der Waals surface area contributed by atoms with Crippen LogP contribution in [-0.4, -0.2) is 15.8 Å². The number of hydrogen-bond acceptors (Lipinski definition) is 2. The van der Waals surface area contributed by atoms with E-state index in [0.717, 1.165) is 11.3 Å². The monoisotopic (exact) mass is 233 g/mol. The normalized spacial score (nSPS) is 12.6. The fourth-order valence-corrected chi connectivity index (χ4v) is 1.88. The van der Waals surface area contributed by atoms with Crippen LogP contribution in [0.4, 0.5) is 4.39 Å². The van der Waals surface area contributed by atoms with Crippen LogP contribution in [0.15, 0.2) is 36.5 Å². The summed E-state index contributed by atoms with van der Waals surface area (Å²) in [4.78, 5) is 0. The maximum absolute atomic E-state index is 13.0. The van der Waals surface area contributed by atoms with Gasteiger partial charge in [0.1, 0.15) is 5.82 Å². The number of rotatable bonds is 4. The van der Waals surface area contributed by atoms with Crippen molar-refractivity contribution in [2.24, 2.45) is 12.8 Å². The highest BCUT2D eigenvalue weighted by atomic mass is 19.1. The molecule has 0 saturated carbocycles. The molecule has 17 heavy (non-hydrogen) atoms. The first-order chi connectivity index (χ1) is 8.13. The molecule has 0 aliphatic rings. The Morgan fingerprint density at radius 3 is 2.82 bits per heavy atom. The highest BCUT2D eigenvalue weighted by molar-refractivity contribution is 5.18. The molecule has 2 aromatic rings. The van der Waals surface area contributed by atoms with Crippen LogP contribution in [0.2, 0.25) is 0 Å². The van der Waals surface area contributed by atoms with Crippen molar-refractivity contribution in [1.82, 2.24) is 9.78 Å². The van der Waals surface area contributed by atoms with Gasteiger partial charge in [-0.25, -0.2) is 4.39 Å². The molecule has 2 rings (SSSR count). The summed E-state index contributed by atoms with van der Waals surface area (Å²) < 4.78 is 14.7. The minimum Gasteiger partial charge on any atom is -0.327 e. The Labute approximate surface area is 100 Å². The summed E-state index contributed by atoms with van der Waals surface area (Å²) in [5, 5.41) is 4.27. The van der Waals surface area contributed by atoms with Crippen molar-refractivity contribution in [3.05, 3.63) is 53.6 Å². The number of hydrogen-bond donors (Lipinski definition) is 1. The molecule has 1 aromatic heterocycles. The van der Waals surface area contributed by atoms with E-state index in [1.165, 1.54) is 12.1 Å². The summed E-state index contributed by atoms with van der Waals surface area (Å²) in [5.74, 6) is -0.215. The smallest absolute Gasteiger partial charge is 0.123 e. The van der Waals surface area contributed by atoms with E-state index in [1.54, 1.807) is 10.7 Å². The lowest BCUT2D eigenvalue weighted by Crippen LogP contribution is -2.25. The second kappa shape index (κ2) is 5.10. The van der Waals surface area contributed by atoms with Crippen LogP contribution in [-0.2, 0) is 19.9 Å². The Morgan fingerprint density at radius 1 is 1.35 bits per heavy atom. The Kier molecular flexibility index (Phi) is 3.54. The van der Waals surface area contributed by atoms with E-state index in [9.17, 15) is 4.39 Å². The Balaban J connectivity index is 1.95. The van der Waals surface area contributed by atoms with Gasteiger partial charge in [0.2, 0.25) is 0 Å². The van der Waals surface area contributed by atoms with Gasteiger partial charge >= 0.3 is 0 Å². The number of aromatic nitrogens is 2. The third kappa shape index (κ3) is 3.39. The molecule has 1 unspecified atom stereocenters. The van der Waals surface area contributed by atoms with Crippen molar-refractivity contribution in [3.63, 3.8) is 0 Å². The zero-order valence-corrected chi connectivity index (χ0v) is 9.81. The number of aryl methyl sites for hydroxylation is 1. The van der Waals surface area contributed by atoms with Gasteiger partial charge in [-0.3, -0.25) is 4.68 Å². The van der Waals surface area contributed by atoms with Crippen LogP contribution >= 0.6 is 0 Å². The zero-order valence-electron chi connectivity index (χ0n) is 9.81. The van der Waals surface area contributed by atoms with E-state index in [4.69, 9.17) is 5.73 Å². The van der Waals surface area contributed by atoms with E-state index >= 15 is 0 Å². The van der Waals surface area contributed by atoms with E-state index < -0.39 is 0 Å². The van der Waals surface area contributed by atoms with Gasteiger partial charge < -0.3 is 5.73 Å². The third-order valence-electron chi connectivity index (χ3n) is 2.63. The molecule has 0 fully saturated rings. The van der Waals surface area contributed by atoms with Crippen LogP contribution in [0.5, 0.6) is 0 Å². The molecule has 0 spiro atoms. The Hall–Kier alpha value is -1.68. The molecule has 0 amide bonds. The molecule has 0 aliphatic heterocycles. The highest BCUT2D eigenvalue weighted by Gasteiger charge is 2.07.